The second-order valence-electron chi connectivity index (χ2n) is 6.98. The zero-order valence-electron chi connectivity index (χ0n) is 17.0. The van der Waals surface area contributed by atoms with Crippen molar-refractivity contribution >= 4 is 31.7 Å². The van der Waals surface area contributed by atoms with Crippen LogP contribution in [0.4, 0.5) is 0 Å². The van der Waals surface area contributed by atoms with Gasteiger partial charge in [-0.1, -0.05) is 22.0 Å². The molecule has 0 saturated heterocycles. The molecular weight excluding hydrogens is 458 g/mol. The average molecular weight is 484 g/mol. The van der Waals surface area contributed by atoms with Gasteiger partial charge in [0.25, 0.3) is 5.91 Å². The minimum Gasteiger partial charge on any atom is -0.493 e. The van der Waals surface area contributed by atoms with E-state index in [4.69, 9.17) is 9.47 Å². The molecule has 6 nitrogen and oxygen atoms in total. The number of sulfone groups is 1. The molecule has 2 rings (SSSR count). The van der Waals surface area contributed by atoms with Crippen molar-refractivity contribution in [3.63, 3.8) is 0 Å². The highest BCUT2D eigenvalue weighted by molar-refractivity contribution is 9.10. The lowest BCUT2D eigenvalue weighted by molar-refractivity contribution is 0.0781. The van der Waals surface area contributed by atoms with E-state index in [1.165, 1.54) is 12.1 Å². The van der Waals surface area contributed by atoms with Crippen LogP contribution in [0.15, 0.2) is 51.8 Å². The van der Waals surface area contributed by atoms with Crippen molar-refractivity contribution in [1.29, 1.82) is 0 Å². The standard InChI is InChI=1S/C21H26BrNO5S/c1-15(2)28-20-13-16(22)9-10-19(20)21(24)23(3)11-6-12-27-17-7-5-8-18(14-17)29(4,25)26/h5,7-10,13-15H,6,11-12H2,1-4H3. The Hall–Kier alpha value is -2.06. The Kier molecular flexibility index (Phi) is 8.10. The van der Waals surface area contributed by atoms with Gasteiger partial charge in [0, 0.05) is 24.3 Å². The van der Waals surface area contributed by atoms with Crippen molar-refractivity contribution in [3.8, 4) is 11.5 Å². The molecular formula is C21H26BrNO5S. The van der Waals surface area contributed by atoms with Crippen LogP contribution in [0.2, 0.25) is 0 Å². The molecule has 0 unspecified atom stereocenters. The highest BCUT2D eigenvalue weighted by atomic mass is 79.9. The quantitative estimate of drug-likeness (QED) is 0.500. The third-order valence-electron chi connectivity index (χ3n) is 4.02. The number of amides is 1. The highest BCUT2D eigenvalue weighted by Gasteiger charge is 2.18. The van der Waals surface area contributed by atoms with E-state index in [1.807, 2.05) is 19.9 Å². The summed E-state index contributed by atoms with van der Waals surface area (Å²) in [5, 5.41) is 0. The largest absolute Gasteiger partial charge is 0.493 e. The summed E-state index contributed by atoms with van der Waals surface area (Å²) in [6, 6.07) is 11.7. The third-order valence-corrected chi connectivity index (χ3v) is 5.63. The van der Waals surface area contributed by atoms with Crippen molar-refractivity contribution in [2.45, 2.75) is 31.3 Å². The Labute approximate surface area is 180 Å². The van der Waals surface area contributed by atoms with Crippen molar-refractivity contribution in [3.05, 3.63) is 52.5 Å². The first-order valence-electron chi connectivity index (χ1n) is 9.22. The normalized spacial score (nSPS) is 11.4. The molecule has 0 heterocycles. The molecule has 1 amide bonds. The Morgan fingerprint density at radius 3 is 2.55 bits per heavy atom. The molecule has 2 aromatic rings. The number of carbonyl (C=O) groups excluding carboxylic acids is 1. The molecule has 0 N–H and O–H groups in total. The van der Waals surface area contributed by atoms with Crippen molar-refractivity contribution < 1.29 is 22.7 Å². The summed E-state index contributed by atoms with van der Waals surface area (Å²) >= 11 is 3.40. The molecule has 0 fully saturated rings. The van der Waals surface area contributed by atoms with Crippen LogP contribution in [0.1, 0.15) is 30.6 Å². The highest BCUT2D eigenvalue weighted by Crippen LogP contribution is 2.26. The summed E-state index contributed by atoms with van der Waals surface area (Å²) < 4.78 is 35.5. The van der Waals surface area contributed by atoms with E-state index in [0.29, 0.717) is 36.6 Å². The molecule has 0 aliphatic heterocycles. The van der Waals surface area contributed by atoms with Crippen LogP contribution in [0, 0.1) is 0 Å². The van der Waals surface area contributed by atoms with E-state index in [0.717, 1.165) is 10.7 Å². The molecule has 8 heteroatoms. The maximum atomic E-state index is 12.8. The Bertz CT molecular complexity index is 959. The molecule has 29 heavy (non-hydrogen) atoms. The first-order chi connectivity index (χ1) is 13.6. The van der Waals surface area contributed by atoms with Crippen molar-refractivity contribution in [2.24, 2.45) is 0 Å². The van der Waals surface area contributed by atoms with Gasteiger partial charge < -0.3 is 14.4 Å². The van der Waals surface area contributed by atoms with Gasteiger partial charge >= 0.3 is 0 Å². The van der Waals surface area contributed by atoms with Gasteiger partial charge in [0.1, 0.15) is 11.5 Å². The number of carbonyl (C=O) groups is 1. The summed E-state index contributed by atoms with van der Waals surface area (Å²) in [7, 11) is -1.55. The summed E-state index contributed by atoms with van der Waals surface area (Å²) in [4.78, 5) is 14.6. The smallest absolute Gasteiger partial charge is 0.257 e. The fourth-order valence-electron chi connectivity index (χ4n) is 2.62. The van der Waals surface area contributed by atoms with Crippen LogP contribution in [-0.2, 0) is 9.84 Å². The molecule has 0 aromatic heterocycles. The van der Waals surface area contributed by atoms with Gasteiger partial charge in [0.05, 0.1) is 23.2 Å². The SMILES string of the molecule is CC(C)Oc1cc(Br)ccc1C(=O)N(C)CCCOc1cccc(S(C)(=O)=O)c1. The van der Waals surface area contributed by atoms with Crippen LogP contribution in [0.25, 0.3) is 0 Å². The second-order valence-corrected chi connectivity index (χ2v) is 9.91. The first kappa shape index (κ1) is 23.2. The number of nitrogens with zero attached hydrogens (tertiary/aromatic N) is 1. The van der Waals surface area contributed by atoms with Crippen LogP contribution in [0.3, 0.4) is 0 Å². The van der Waals surface area contributed by atoms with Crippen LogP contribution in [-0.4, -0.2) is 51.8 Å². The Morgan fingerprint density at radius 1 is 1.17 bits per heavy atom. The number of halogens is 1. The number of rotatable bonds is 9. The van der Waals surface area contributed by atoms with Crippen molar-refractivity contribution in [2.75, 3.05) is 26.5 Å². The molecule has 0 radical (unpaired) electrons. The number of hydrogen-bond acceptors (Lipinski definition) is 5. The zero-order valence-corrected chi connectivity index (χ0v) is 19.4. The maximum absolute atomic E-state index is 12.8. The predicted octanol–water partition coefficient (Wildman–Crippen LogP) is 4.18. The molecule has 2 aromatic carbocycles. The summed E-state index contributed by atoms with van der Waals surface area (Å²) in [6.07, 6.45) is 1.71. The first-order valence-corrected chi connectivity index (χ1v) is 11.9. The molecule has 0 saturated carbocycles. The van der Waals surface area contributed by atoms with Gasteiger partial charge in [-0.05, 0) is 56.7 Å². The summed E-state index contributed by atoms with van der Waals surface area (Å²) in [5.41, 5.74) is 0.506. The van der Waals surface area contributed by atoms with Crippen LogP contribution >= 0.6 is 15.9 Å². The van der Waals surface area contributed by atoms with Gasteiger partial charge in [0.2, 0.25) is 0 Å². The van der Waals surface area contributed by atoms with E-state index in [-0.39, 0.29) is 16.9 Å². The van der Waals surface area contributed by atoms with Gasteiger partial charge in [-0.3, -0.25) is 4.79 Å². The van der Waals surface area contributed by atoms with Crippen molar-refractivity contribution in [1.82, 2.24) is 4.90 Å². The van der Waals surface area contributed by atoms with Gasteiger partial charge in [-0.15, -0.1) is 0 Å². The predicted molar refractivity (Wildman–Crippen MR) is 117 cm³/mol. The fourth-order valence-corrected chi connectivity index (χ4v) is 3.61. The Morgan fingerprint density at radius 2 is 1.90 bits per heavy atom. The zero-order chi connectivity index (χ0) is 21.6. The summed E-state index contributed by atoms with van der Waals surface area (Å²) in [5.74, 6) is 0.898. The minimum atomic E-state index is -3.28. The summed E-state index contributed by atoms with van der Waals surface area (Å²) in [6.45, 7) is 4.67. The topological polar surface area (TPSA) is 72.9 Å². The molecule has 0 bridgehead atoms. The molecule has 0 spiro atoms. The number of hydrogen-bond donors (Lipinski definition) is 0. The van der Waals surface area contributed by atoms with Gasteiger partial charge in [-0.2, -0.15) is 0 Å². The number of benzene rings is 2. The number of ether oxygens (including phenoxy) is 2. The van der Waals surface area contributed by atoms with E-state index in [9.17, 15) is 13.2 Å². The van der Waals surface area contributed by atoms with Crippen LogP contribution in [0.5, 0.6) is 11.5 Å². The lowest BCUT2D eigenvalue weighted by Crippen LogP contribution is -2.29. The lowest BCUT2D eigenvalue weighted by atomic mass is 10.1. The monoisotopic (exact) mass is 483 g/mol. The third kappa shape index (κ3) is 7.04. The fraction of sp³-hybridized carbons (Fsp3) is 0.381. The van der Waals surface area contributed by atoms with Crippen LogP contribution < -0.4 is 9.47 Å². The van der Waals surface area contributed by atoms with E-state index < -0.39 is 9.84 Å². The van der Waals surface area contributed by atoms with E-state index in [2.05, 4.69) is 15.9 Å². The minimum absolute atomic E-state index is 0.0442. The molecule has 0 atom stereocenters. The Balaban J connectivity index is 1.93. The van der Waals surface area contributed by atoms with E-state index in [1.54, 1.807) is 36.2 Å². The van der Waals surface area contributed by atoms with E-state index >= 15 is 0 Å². The van der Waals surface area contributed by atoms with Gasteiger partial charge in [0.15, 0.2) is 9.84 Å². The maximum Gasteiger partial charge on any atom is 0.257 e. The second kappa shape index (κ2) is 10.1. The molecule has 158 valence electrons. The van der Waals surface area contributed by atoms with Gasteiger partial charge in [-0.25, -0.2) is 8.42 Å². The molecule has 0 aliphatic rings. The lowest BCUT2D eigenvalue weighted by Gasteiger charge is -2.20. The molecule has 0 aliphatic carbocycles. The average Bonchev–Trinajstić information content (AvgIpc) is 2.64.